The summed E-state index contributed by atoms with van der Waals surface area (Å²) in [6.45, 7) is 0. The third-order valence-corrected chi connectivity index (χ3v) is 3.51. The molecule has 2 bridgehead atoms. The second-order valence-electron chi connectivity index (χ2n) is 4.23. The Hall–Kier alpha value is -0.580. The van der Waals surface area contributed by atoms with Crippen molar-refractivity contribution in [1.29, 1.82) is 0 Å². The van der Waals surface area contributed by atoms with Crippen LogP contribution in [0.2, 0.25) is 0 Å². The molecule has 2 aliphatic carbocycles. The Kier molecular flexibility index (Phi) is 1.34. The summed E-state index contributed by atoms with van der Waals surface area (Å²) in [4.78, 5) is 0. The zero-order chi connectivity index (χ0) is 10.1. The van der Waals surface area contributed by atoms with Crippen molar-refractivity contribution in [3.63, 3.8) is 0 Å². The van der Waals surface area contributed by atoms with E-state index in [-0.39, 0.29) is 0 Å². The maximum atomic E-state index is 13.1. The Labute approximate surface area is 77.7 Å². The first-order valence-corrected chi connectivity index (χ1v) is 4.56. The van der Waals surface area contributed by atoms with Gasteiger partial charge < -0.3 is 0 Å². The predicted molar refractivity (Wildman–Crippen MR) is 38.7 cm³/mol. The molecule has 1 saturated heterocycles. The van der Waals surface area contributed by atoms with Crippen LogP contribution in [0.15, 0.2) is 12.2 Å². The van der Waals surface area contributed by atoms with Crippen molar-refractivity contribution in [2.45, 2.75) is 18.6 Å². The molecule has 0 radical (unpaired) electrons. The van der Waals surface area contributed by atoms with Crippen LogP contribution in [-0.2, 0) is 4.74 Å². The fourth-order valence-corrected chi connectivity index (χ4v) is 3.06. The molecule has 14 heavy (non-hydrogen) atoms. The molecule has 0 amide bonds. The second-order valence-corrected chi connectivity index (χ2v) is 4.23. The molecule has 2 unspecified atom stereocenters. The van der Waals surface area contributed by atoms with Gasteiger partial charge in [0.25, 0.3) is 0 Å². The van der Waals surface area contributed by atoms with Crippen molar-refractivity contribution in [3.8, 4) is 0 Å². The molecule has 0 N–H and O–H groups in total. The lowest BCUT2D eigenvalue weighted by Crippen LogP contribution is -2.31. The maximum absolute atomic E-state index is 13.1. The first-order valence-electron chi connectivity index (χ1n) is 4.56. The second kappa shape index (κ2) is 2.15. The fraction of sp³-hybridized carbons (Fsp3) is 0.778. The summed E-state index contributed by atoms with van der Waals surface area (Å²) in [7, 11) is 0. The summed E-state index contributed by atoms with van der Waals surface area (Å²) in [6, 6.07) is 0. The van der Waals surface area contributed by atoms with Crippen LogP contribution < -0.4 is 0 Å². The van der Waals surface area contributed by atoms with Crippen molar-refractivity contribution in [2.24, 2.45) is 23.7 Å². The van der Waals surface area contributed by atoms with Gasteiger partial charge in [0.1, 0.15) is 0 Å². The first-order chi connectivity index (χ1) is 6.42. The Morgan fingerprint density at radius 2 is 1.36 bits per heavy atom. The molecular formula is C9H8F4O. The lowest BCUT2D eigenvalue weighted by molar-refractivity contribution is -0.345. The van der Waals surface area contributed by atoms with Crippen LogP contribution in [0.25, 0.3) is 0 Å². The molecule has 1 heterocycles. The molecule has 5 heteroatoms. The van der Waals surface area contributed by atoms with Gasteiger partial charge >= 0.3 is 12.2 Å². The first kappa shape index (κ1) is 8.71. The number of halogens is 4. The number of alkyl halides is 4. The van der Waals surface area contributed by atoms with E-state index in [2.05, 4.69) is 4.74 Å². The van der Waals surface area contributed by atoms with Crippen molar-refractivity contribution in [3.05, 3.63) is 12.2 Å². The smallest absolute Gasteiger partial charge is 0.255 e. The Morgan fingerprint density at radius 3 is 1.79 bits per heavy atom. The van der Waals surface area contributed by atoms with Gasteiger partial charge in [-0.2, -0.15) is 17.6 Å². The van der Waals surface area contributed by atoms with E-state index in [1.54, 1.807) is 12.2 Å². The maximum Gasteiger partial charge on any atom is 0.364 e. The molecule has 4 atom stereocenters. The van der Waals surface area contributed by atoms with Gasteiger partial charge in [0.05, 0.1) is 11.8 Å². The van der Waals surface area contributed by atoms with E-state index < -0.39 is 35.9 Å². The third-order valence-electron chi connectivity index (χ3n) is 3.51. The van der Waals surface area contributed by atoms with Gasteiger partial charge in [0.2, 0.25) is 0 Å². The van der Waals surface area contributed by atoms with Gasteiger partial charge in [-0.15, -0.1) is 0 Å². The monoisotopic (exact) mass is 208 g/mol. The lowest BCUT2D eigenvalue weighted by atomic mass is 9.83. The van der Waals surface area contributed by atoms with Gasteiger partial charge in [-0.3, -0.25) is 4.74 Å². The molecule has 3 rings (SSSR count). The van der Waals surface area contributed by atoms with Crippen LogP contribution in [0, 0.1) is 23.7 Å². The van der Waals surface area contributed by atoms with E-state index in [0.29, 0.717) is 6.42 Å². The molecule has 1 saturated carbocycles. The van der Waals surface area contributed by atoms with Gasteiger partial charge in [-0.1, -0.05) is 12.2 Å². The minimum atomic E-state index is -3.67. The quantitative estimate of drug-likeness (QED) is 0.439. The highest BCUT2D eigenvalue weighted by Gasteiger charge is 2.73. The molecule has 0 aromatic carbocycles. The standard InChI is InChI=1S/C9H8F4O/c10-8(11)6-4-1-2-5(3-4)7(6)9(12,13)14-8/h1-2,4-7H,3H2/t4-,5+,6?,7?. The van der Waals surface area contributed by atoms with Gasteiger partial charge in [0.15, 0.2) is 0 Å². The fourth-order valence-electron chi connectivity index (χ4n) is 3.06. The summed E-state index contributed by atoms with van der Waals surface area (Å²) >= 11 is 0. The number of hydrogen-bond donors (Lipinski definition) is 0. The SMILES string of the molecule is FC1(F)OC(F)(F)C2C1[C@@H]1C=C[C@H]2C1. The molecule has 0 aromatic heterocycles. The zero-order valence-electron chi connectivity index (χ0n) is 7.09. The molecule has 1 aliphatic heterocycles. The van der Waals surface area contributed by atoms with Gasteiger partial charge in [-0.05, 0) is 18.3 Å². The average Bonchev–Trinajstić information content (AvgIpc) is 2.61. The molecule has 0 aromatic rings. The van der Waals surface area contributed by atoms with Crippen molar-refractivity contribution < 1.29 is 22.3 Å². The number of ether oxygens (including phenoxy) is 1. The highest BCUT2D eigenvalue weighted by atomic mass is 19.3. The molecule has 3 aliphatic rings. The molecular weight excluding hydrogens is 200 g/mol. The van der Waals surface area contributed by atoms with Crippen LogP contribution >= 0.6 is 0 Å². The van der Waals surface area contributed by atoms with Crippen molar-refractivity contribution >= 4 is 0 Å². The summed E-state index contributed by atoms with van der Waals surface area (Å²) in [5, 5.41) is 0. The largest absolute Gasteiger partial charge is 0.364 e. The topological polar surface area (TPSA) is 9.23 Å². The Balaban J connectivity index is 2.06. The van der Waals surface area contributed by atoms with Crippen molar-refractivity contribution in [1.82, 2.24) is 0 Å². The summed E-state index contributed by atoms with van der Waals surface area (Å²) in [5.74, 6) is -3.53. The summed E-state index contributed by atoms with van der Waals surface area (Å²) in [6.07, 6.45) is -3.68. The minimum Gasteiger partial charge on any atom is -0.255 e. The van der Waals surface area contributed by atoms with Gasteiger partial charge in [-0.25, -0.2) is 0 Å². The summed E-state index contributed by atoms with van der Waals surface area (Å²) < 4.78 is 56.0. The number of hydrogen-bond acceptors (Lipinski definition) is 1. The van der Waals surface area contributed by atoms with Crippen LogP contribution in [0.1, 0.15) is 6.42 Å². The average molecular weight is 208 g/mol. The van der Waals surface area contributed by atoms with E-state index in [1.807, 2.05) is 0 Å². The summed E-state index contributed by atoms with van der Waals surface area (Å²) in [5.41, 5.74) is 0. The van der Waals surface area contributed by atoms with Crippen molar-refractivity contribution in [2.75, 3.05) is 0 Å². The number of fused-ring (bicyclic) bond motifs is 5. The van der Waals surface area contributed by atoms with Crippen LogP contribution in [0.4, 0.5) is 17.6 Å². The predicted octanol–water partition coefficient (Wildman–Crippen LogP) is 2.64. The molecule has 78 valence electrons. The number of rotatable bonds is 0. The lowest BCUT2D eigenvalue weighted by Gasteiger charge is -2.22. The molecule has 2 fully saturated rings. The Bertz CT molecular complexity index is 284. The van der Waals surface area contributed by atoms with E-state index in [0.717, 1.165) is 0 Å². The van der Waals surface area contributed by atoms with Crippen LogP contribution in [0.3, 0.4) is 0 Å². The highest BCUT2D eigenvalue weighted by Crippen LogP contribution is 2.64. The van der Waals surface area contributed by atoms with Crippen LogP contribution in [-0.4, -0.2) is 12.2 Å². The Morgan fingerprint density at radius 1 is 0.929 bits per heavy atom. The normalized spacial score (nSPS) is 51.1. The highest BCUT2D eigenvalue weighted by molar-refractivity contribution is 5.18. The minimum absolute atomic E-state index is 0.421. The zero-order valence-corrected chi connectivity index (χ0v) is 7.09. The molecule has 0 spiro atoms. The van der Waals surface area contributed by atoms with E-state index >= 15 is 0 Å². The van der Waals surface area contributed by atoms with E-state index in [4.69, 9.17) is 0 Å². The van der Waals surface area contributed by atoms with Crippen LogP contribution in [0.5, 0.6) is 0 Å². The van der Waals surface area contributed by atoms with E-state index in [9.17, 15) is 17.6 Å². The number of allylic oxidation sites excluding steroid dienone is 2. The van der Waals surface area contributed by atoms with Gasteiger partial charge in [0, 0.05) is 0 Å². The molecule has 1 nitrogen and oxygen atoms in total. The van der Waals surface area contributed by atoms with E-state index in [1.165, 1.54) is 0 Å². The third kappa shape index (κ3) is 0.840.